The lowest BCUT2D eigenvalue weighted by atomic mass is 9.91. The molecule has 1 saturated carbocycles. The van der Waals surface area contributed by atoms with Gasteiger partial charge in [0.15, 0.2) is 9.84 Å². The third-order valence-corrected chi connectivity index (χ3v) is 11.2. The Bertz CT molecular complexity index is 1330. The van der Waals surface area contributed by atoms with Gasteiger partial charge in [-0.15, -0.1) is 11.3 Å². The maximum atomic E-state index is 12.9. The Morgan fingerprint density at radius 2 is 1.60 bits per heavy atom. The maximum absolute atomic E-state index is 12.9. The molecule has 1 aromatic heterocycles. The molecule has 2 fully saturated rings. The number of benzene rings is 2. The second-order valence-electron chi connectivity index (χ2n) is 10.4. The fraction of sp³-hybridized carbons (Fsp3) is 0.458. The van der Waals surface area contributed by atoms with E-state index in [1.165, 1.54) is 32.2 Å². The van der Waals surface area contributed by atoms with Crippen LogP contribution in [0, 0.1) is 10.8 Å². The molecule has 0 bridgehead atoms. The van der Waals surface area contributed by atoms with Crippen molar-refractivity contribution in [2.24, 2.45) is 5.41 Å². The number of thiophene rings is 1. The highest BCUT2D eigenvalue weighted by Gasteiger charge is 2.50. The van der Waals surface area contributed by atoms with Gasteiger partial charge < -0.3 is 5.32 Å². The summed E-state index contributed by atoms with van der Waals surface area (Å²) in [6, 6.07) is 13.1. The van der Waals surface area contributed by atoms with E-state index in [1.54, 1.807) is 25.2 Å². The fourth-order valence-corrected chi connectivity index (χ4v) is 7.51. The average Bonchev–Trinajstić information content (AvgIpc) is 3.13. The van der Waals surface area contributed by atoms with Crippen LogP contribution in [0.1, 0.15) is 58.1 Å². The molecule has 2 atom stereocenters. The van der Waals surface area contributed by atoms with E-state index in [0.29, 0.717) is 11.3 Å². The van der Waals surface area contributed by atoms with E-state index in [4.69, 9.17) is 5.41 Å². The highest BCUT2D eigenvalue weighted by molar-refractivity contribution is 7.93. The van der Waals surface area contributed by atoms with Gasteiger partial charge in [0.05, 0.1) is 11.3 Å². The van der Waals surface area contributed by atoms with E-state index in [1.807, 2.05) is 13.0 Å². The normalized spacial score (nSPS) is 29.1. The van der Waals surface area contributed by atoms with Gasteiger partial charge in [-0.2, -0.15) is 0 Å². The molecule has 30 heavy (non-hydrogen) atoms. The molecule has 0 radical (unpaired) electrons. The zero-order chi connectivity index (χ0) is 21.7. The number of amidine groups is 1. The van der Waals surface area contributed by atoms with Crippen LogP contribution in [0.5, 0.6) is 0 Å². The molecular weight excluding hydrogens is 412 g/mol. The summed E-state index contributed by atoms with van der Waals surface area (Å²) in [5, 5.41) is 14.0. The van der Waals surface area contributed by atoms with Crippen LogP contribution >= 0.6 is 11.3 Å². The van der Waals surface area contributed by atoms with Crippen molar-refractivity contribution in [2.45, 2.75) is 57.2 Å². The summed E-state index contributed by atoms with van der Waals surface area (Å²) in [6.45, 7) is 9.74. The highest BCUT2D eigenvalue weighted by atomic mass is 32.2. The number of fused-ring (bicyclic) bond motifs is 3. The van der Waals surface area contributed by atoms with Crippen LogP contribution in [0.2, 0.25) is 0 Å². The Morgan fingerprint density at radius 1 is 1.00 bits per heavy atom. The molecule has 1 aliphatic heterocycles. The predicted molar refractivity (Wildman–Crippen MR) is 127 cm³/mol. The number of hydrogen-bond donors (Lipinski definition) is 2. The summed E-state index contributed by atoms with van der Waals surface area (Å²) in [5.74, 6) is 0.653. The largest absolute Gasteiger partial charge is 0.362 e. The lowest BCUT2D eigenvalue weighted by molar-refractivity contribution is 0.443. The Hall–Kier alpha value is -1.92. The summed E-state index contributed by atoms with van der Waals surface area (Å²) >= 11 is 1.78. The molecule has 0 spiro atoms. The van der Waals surface area contributed by atoms with Crippen molar-refractivity contribution >= 4 is 47.2 Å². The zero-order valence-corrected chi connectivity index (χ0v) is 19.7. The topological polar surface area (TPSA) is 70.0 Å². The van der Waals surface area contributed by atoms with Gasteiger partial charge >= 0.3 is 0 Å². The maximum Gasteiger partial charge on any atom is 0.165 e. The molecule has 2 N–H and O–H groups in total. The van der Waals surface area contributed by atoms with Gasteiger partial charge in [0, 0.05) is 20.2 Å². The fourth-order valence-electron chi connectivity index (χ4n) is 4.73. The molecule has 2 aliphatic rings. The Balaban J connectivity index is 1.63. The first-order chi connectivity index (χ1) is 13.8. The minimum absolute atomic E-state index is 0.0233. The van der Waals surface area contributed by atoms with Crippen LogP contribution < -0.4 is 5.32 Å². The molecule has 1 saturated heterocycles. The third-order valence-electron chi connectivity index (χ3n) is 7.31. The van der Waals surface area contributed by atoms with Crippen LogP contribution in [-0.2, 0) is 15.4 Å². The first-order valence-electron chi connectivity index (χ1n) is 10.4. The van der Waals surface area contributed by atoms with Crippen LogP contribution in [0.4, 0.5) is 0 Å². The summed E-state index contributed by atoms with van der Waals surface area (Å²) in [4.78, 5) is 0. The Labute approximate surface area is 182 Å². The van der Waals surface area contributed by atoms with E-state index in [-0.39, 0.29) is 11.6 Å². The van der Waals surface area contributed by atoms with Crippen LogP contribution in [0.25, 0.3) is 20.2 Å². The number of rotatable bonds is 2. The van der Waals surface area contributed by atoms with E-state index < -0.39 is 20.1 Å². The van der Waals surface area contributed by atoms with Crippen molar-refractivity contribution in [3.05, 3.63) is 47.5 Å². The lowest BCUT2D eigenvalue weighted by Crippen LogP contribution is -2.63. The number of sulfone groups is 1. The number of hydrogen-bond acceptors (Lipinski definition) is 4. The van der Waals surface area contributed by atoms with Crippen molar-refractivity contribution < 1.29 is 8.42 Å². The van der Waals surface area contributed by atoms with E-state index in [0.717, 1.165) is 5.56 Å². The first kappa shape index (κ1) is 20.0. The van der Waals surface area contributed by atoms with Gasteiger partial charge in [-0.1, -0.05) is 26.0 Å². The third kappa shape index (κ3) is 2.76. The minimum atomic E-state index is -3.46. The van der Waals surface area contributed by atoms with Gasteiger partial charge in [0.25, 0.3) is 0 Å². The first-order valence-corrected chi connectivity index (χ1v) is 12.9. The van der Waals surface area contributed by atoms with Crippen LogP contribution in [0.15, 0.2) is 36.4 Å². The van der Waals surface area contributed by atoms with Crippen molar-refractivity contribution in [1.29, 1.82) is 5.41 Å². The zero-order valence-electron chi connectivity index (χ0n) is 18.1. The van der Waals surface area contributed by atoms with Crippen LogP contribution in [0.3, 0.4) is 0 Å². The van der Waals surface area contributed by atoms with E-state index in [9.17, 15) is 8.42 Å². The van der Waals surface area contributed by atoms with Gasteiger partial charge in [0.2, 0.25) is 0 Å². The summed E-state index contributed by atoms with van der Waals surface area (Å²) in [7, 11) is -3.46. The molecule has 3 aromatic rings. The molecule has 1 unspecified atom stereocenters. The molecule has 2 aromatic carbocycles. The summed E-state index contributed by atoms with van der Waals surface area (Å²) in [6.07, 6.45) is 1.23. The molecule has 158 valence electrons. The molecule has 5 rings (SSSR count). The van der Waals surface area contributed by atoms with Crippen molar-refractivity contribution in [3.8, 4) is 0 Å². The van der Waals surface area contributed by atoms with Crippen molar-refractivity contribution in [1.82, 2.24) is 5.32 Å². The molecule has 6 heteroatoms. The second kappa shape index (κ2) is 5.86. The highest BCUT2D eigenvalue weighted by Crippen LogP contribution is 2.59. The molecule has 1 aliphatic carbocycles. The quantitative estimate of drug-likeness (QED) is 0.548. The molecule has 2 heterocycles. The van der Waals surface area contributed by atoms with E-state index in [2.05, 4.69) is 49.5 Å². The smallest absolute Gasteiger partial charge is 0.165 e. The van der Waals surface area contributed by atoms with Crippen molar-refractivity contribution in [3.63, 3.8) is 0 Å². The SMILES string of the molecule is CC1(C)CC1c1ccc2sc3ccc([C@]4(C)CS(=O)(=O)C(C)(C)C(=N)N4)cc3c2c1. The predicted octanol–water partition coefficient (Wildman–Crippen LogP) is 5.56. The van der Waals surface area contributed by atoms with Gasteiger partial charge in [-0.25, -0.2) is 8.42 Å². The average molecular weight is 441 g/mol. The second-order valence-corrected chi connectivity index (χ2v) is 14.0. The van der Waals surface area contributed by atoms with E-state index >= 15 is 0 Å². The molecule has 4 nitrogen and oxygen atoms in total. The van der Waals surface area contributed by atoms with Gasteiger partial charge in [-0.05, 0) is 73.9 Å². The standard InChI is InChI=1S/C24H28N2O2S2/c1-22(2)12-18(22)14-6-8-19-16(10-14)17-11-15(7-9-20(17)29-19)24(5)13-30(27,28)23(3,4)21(25)26-24/h6-11,18H,12-13H2,1-5H3,(H2,25,26)/t18?,24-/m0/s1. The summed E-state index contributed by atoms with van der Waals surface area (Å²) < 4.78 is 27.2. The Morgan fingerprint density at radius 3 is 2.20 bits per heavy atom. The minimum Gasteiger partial charge on any atom is -0.362 e. The number of nitrogens with one attached hydrogen (secondary N) is 2. The Kier molecular flexibility index (Phi) is 3.91. The molecular formula is C24H28N2O2S2. The monoisotopic (exact) mass is 440 g/mol. The van der Waals surface area contributed by atoms with Crippen LogP contribution in [-0.4, -0.2) is 24.8 Å². The lowest BCUT2D eigenvalue weighted by Gasteiger charge is -2.43. The summed E-state index contributed by atoms with van der Waals surface area (Å²) in [5.41, 5.74) is 1.87. The van der Waals surface area contributed by atoms with Gasteiger partial charge in [0.1, 0.15) is 10.6 Å². The van der Waals surface area contributed by atoms with Crippen molar-refractivity contribution in [2.75, 3.05) is 5.75 Å². The molecule has 0 amide bonds. The van der Waals surface area contributed by atoms with Gasteiger partial charge in [-0.3, -0.25) is 5.41 Å².